The molecule has 2 heterocycles. The van der Waals surface area contributed by atoms with E-state index >= 15 is 0 Å². The average Bonchev–Trinajstić information content (AvgIpc) is 2.83. The van der Waals surface area contributed by atoms with Gasteiger partial charge < -0.3 is 5.73 Å². The zero-order valence-corrected chi connectivity index (χ0v) is 12.6. The van der Waals surface area contributed by atoms with E-state index in [2.05, 4.69) is 9.71 Å². The fourth-order valence-electron chi connectivity index (χ4n) is 2.95. The molecule has 3 rings (SSSR count). The SMILES string of the molecule is Nc1nc2ccccn2c1S(=O)(=O)NCC1CCCCC1. The van der Waals surface area contributed by atoms with E-state index in [0.717, 1.165) is 12.8 Å². The van der Waals surface area contributed by atoms with E-state index in [4.69, 9.17) is 5.73 Å². The van der Waals surface area contributed by atoms with Gasteiger partial charge >= 0.3 is 0 Å². The molecule has 0 aliphatic heterocycles. The van der Waals surface area contributed by atoms with Gasteiger partial charge in [-0.3, -0.25) is 4.40 Å². The van der Waals surface area contributed by atoms with E-state index in [1.165, 1.54) is 23.7 Å². The molecule has 21 heavy (non-hydrogen) atoms. The maximum atomic E-state index is 12.5. The van der Waals surface area contributed by atoms with Crippen LogP contribution in [0.1, 0.15) is 32.1 Å². The summed E-state index contributed by atoms with van der Waals surface area (Å²) in [7, 11) is -3.65. The second-order valence-electron chi connectivity index (χ2n) is 5.59. The van der Waals surface area contributed by atoms with E-state index in [1.807, 2.05) is 0 Å². The molecule has 114 valence electrons. The minimum atomic E-state index is -3.65. The van der Waals surface area contributed by atoms with Gasteiger partial charge in [-0.15, -0.1) is 0 Å². The van der Waals surface area contributed by atoms with Gasteiger partial charge in [0.2, 0.25) is 0 Å². The summed E-state index contributed by atoms with van der Waals surface area (Å²) < 4.78 is 29.2. The Morgan fingerprint density at radius 2 is 2.05 bits per heavy atom. The second-order valence-corrected chi connectivity index (χ2v) is 7.27. The topological polar surface area (TPSA) is 89.5 Å². The molecule has 3 N–H and O–H groups in total. The van der Waals surface area contributed by atoms with Gasteiger partial charge in [-0.05, 0) is 30.9 Å². The lowest BCUT2D eigenvalue weighted by atomic mass is 9.90. The molecular formula is C14H20N4O2S. The third-order valence-electron chi connectivity index (χ3n) is 4.05. The van der Waals surface area contributed by atoms with Crippen molar-refractivity contribution >= 4 is 21.5 Å². The summed E-state index contributed by atoms with van der Waals surface area (Å²) in [6.45, 7) is 0.474. The fraction of sp³-hybridized carbons (Fsp3) is 0.500. The third-order valence-corrected chi connectivity index (χ3v) is 5.51. The number of nitrogens with zero attached hydrogens (tertiary/aromatic N) is 2. The Kier molecular flexibility index (Phi) is 3.86. The maximum absolute atomic E-state index is 12.5. The minimum absolute atomic E-state index is 0.0360. The lowest BCUT2D eigenvalue weighted by Crippen LogP contribution is -2.31. The Morgan fingerprint density at radius 3 is 2.81 bits per heavy atom. The first-order chi connectivity index (χ1) is 10.1. The van der Waals surface area contributed by atoms with Crippen molar-refractivity contribution in [3.63, 3.8) is 0 Å². The summed E-state index contributed by atoms with van der Waals surface area (Å²) in [5.41, 5.74) is 6.33. The first kappa shape index (κ1) is 14.3. The van der Waals surface area contributed by atoms with Crippen LogP contribution in [0.4, 0.5) is 5.82 Å². The van der Waals surface area contributed by atoms with Crippen LogP contribution in [0, 0.1) is 5.92 Å². The first-order valence-corrected chi connectivity index (χ1v) is 8.78. The van der Waals surface area contributed by atoms with E-state index in [1.54, 1.807) is 24.4 Å². The molecule has 1 aliphatic rings. The molecule has 2 aromatic rings. The van der Waals surface area contributed by atoms with Gasteiger partial charge in [0.25, 0.3) is 10.0 Å². The highest BCUT2D eigenvalue weighted by Crippen LogP contribution is 2.24. The maximum Gasteiger partial charge on any atom is 0.260 e. The molecule has 0 saturated heterocycles. The van der Waals surface area contributed by atoms with Crippen molar-refractivity contribution in [2.45, 2.75) is 37.1 Å². The van der Waals surface area contributed by atoms with E-state index < -0.39 is 10.0 Å². The summed E-state index contributed by atoms with van der Waals surface area (Å²) in [6, 6.07) is 5.29. The number of anilines is 1. The third kappa shape index (κ3) is 2.89. The van der Waals surface area contributed by atoms with Gasteiger partial charge in [-0.2, -0.15) is 0 Å². The predicted molar refractivity (Wildman–Crippen MR) is 81.4 cm³/mol. The van der Waals surface area contributed by atoms with Crippen LogP contribution in [0.25, 0.3) is 5.65 Å². The van der Waals surface area contributed by atoms with Crippen molar-refractivity contribution in [3.8, 4) is 0 Å². The number of aromatic nitrogens is 2. The molecule has 0 atom stereocenters. The number of rotatable bonds is 4. The summed E-state index contributed by atoms with van der Waals surface area (Å²) in [4.78, 5) is 4.10. The number of nitrogens with two attached hydrogens (primary N) is 1. The van der Waals surface area contributed by atoms with Gasteiger partial charge in [0.05, 0.1) is 0 Å². The van der Waals surface area contributed by atoms with Gasteiger partial charge in [0, 0.05) is 12.7 Å². The van der Waals surface area contributed by atoms with Gasteiger partial charge in [-0.1, -0.05) is 25.3 Å². The standard InChI is InChI=1S/C14H20N4O2S/c15-13-14(18-9-5-4-8-12(18)17-13)21(19,20)16-10-11-6-2-1-3-7-11/h4-5,8-9,11,16H,1-3,6-7,10,15H2. The number of hydrogen-bond donors (Lipinski definition) is 2. The van der Waals surface area contributed by atoms with Crippen LogP contribution in [-0.4, -0.2) is 24.3 Å². The van der Waals surface area contributed by atoms with Crippen molar-refractivity contribution < 1.29 is 8.42 Å². The molecule has 0 bridgehead atoms. The lowest BCUT2D eigenvalue weighted by molar-refractivity contribution is 0.357. The van der Waals surface area contributed by atoms with Crippen LogP contribution in [0.3, 0.4) is 0 Å². The molecule has 6 nitrogen and oxygen atoms in total. The van der Waals surface area contributed by atoms with E-state index in [9.17, 15) is 8.42 Å². The Bertz CT molecular complexity index is 733. The molecule has 0 amide bonds. The smallest absolute Gasteiger partial charge is 0.260 e. The van der Waals surface area contributed by atoms with E-state index in [0.29, 0.717) is 18.1 Å². The molecule has 0 spiro atoms. The molecule has 1 aliphatic carbocycles. The van der Waals surface area contributed by atoms with Crippen molar-refractivity contribution in [2.24, 2.45) is 5.92 Å². The van der Waals surface area contributed by atoms with Gasteiger partial charge in [0.15, 0.2) is 10.8 Å². The molecule has 0 unspecified atom stereocenters. The number of pyridine rings is 1. The molecule has 0 radical (unpaired) electrons. The number of nitrogens with one attached hydrogen (secondary N) is 1. The van der Waals surface area contributed by atoms with Gasteiger partial charge in [0.1, 0.15) is 5.65 Å². The zero-order chi connectivity index (χ0) is 14.9. The zero-order valence-electron chi connectivity index (χ0n) is 11.8. The summed E-state index contributed by atoms with van der Waals surface area (Å²) in [5.74, 6) is 0.464. The summed E-state index contributed by atoms with van der Waals surface area (Å²) >= 11 is 0. The molecule has 0 aromatic carbocycles. The molecule has 2 aromatic heterocycles. The van der Waals surface area contributed by atoms with Crippen LogP contribution in [0.5, 0.6) is 0 Å². The lowest BCUT2D eigenvalue weighted by Gasteiger charge is -2.21. The molecule has 1 fully saturated rings. The second kappa shape index (κ2) is 5.65. The predicted octanol–water partition coefficient (Wildman–Crippen LogP) is 1.78. The summed E-state index contributed by atoms with van der Waals surface area (Å²) in [5, 5.41) is 0.0360. The highest BCUT2D eigenvalue weighted by molar-refractivity contribution is 7.89. The quantitative estimate of drug-likeness (QED) is 0.901. The van der Waals surface area contributed by atoms with Crippen LogP contribution < -0.4 is 10.5 Å². The Labute approximate surface area is 124 Å². The van der Waals surface area contributed by atoms with Crippen LogP contribution >= 0.6 is 0 Å². The molecule has 1 saturated carbocycles. The number of sulfonamides is 1. The average molecular weight is 308 g/mol. The monoisotopic (exact) mass is 308 g/mol. The fourth-order valence-corrected chi connectivity index (χ4v) is 4.27. The van der Waals surface area contributed by atoms with Crippen molar-refractivity contribution in [2.75, 3.05) is 12.3 Å². The van der Waals surface area contributed by atoms with Crippen molar-refractivity contribution in [1.82, 2.24) is 14.1 Å². The summed E-state index contributed by atoms with van der Waals surface area (Å²) in [6.07, 6.45) is 7.46. The number of nitrogen functional groups attached to an aromatic ring is 1. The number of imidazole rings is 1. The highest BCUT2D eigenvalue weighted by atomic mass is 32.2. The Morgan fingerprint density at radius 1 is 1.29 bits per heavy atom. The van der Waals surface area contributed by atoms with Crippen LogP contribution in [0.2, 0.25) is 0 Å². The largest absolute Gasteiger partial charge is 0.381 e. The van der Waals surface area contributed by atoms with Crippen LogP contribution in [0.15, 0.2) is 29.4 Å². The van der Waals surface area contributed by atoms with Crippen molar-refractivity contribution in [3.05, 3.63) is 24.4 Å². The number of hydrogen-bond acceptors (Lipinski definition) is 4. The Balaban J connectivity index is 1.84. The number of fused-ring (bicyclic) bond motifs is 1. The Hall–Kier alpha value is -1.60. The molecular weight excluding hydrogens is 288 g/mol. The highest BCUT2D eigenvalue weighted by Gasteiger charge is 2.25. The van der Waals surface area contributed by atoms with E-state index in [-0.39, 0.29) is 10.8 Å². The van der Waals surface area contributed by atoms with Crippen LogP contribution in [-0.2, 0) is 10.0 Å². The van der Waals surface area contributed by atoms with Gasteiger partial charge in [-0.25, -0.2) is 18.1 Å². The molecule has 7 heteroatoms. The first-order valence-electron chi connectivity index (χ1n) is 7.30. The minimum Gasteiger partial charge on any atom is -0.381 e. The van der Waals surface area contributed by atoms with Crippen molar-refractivity contribution in [1.29, 1.82) is 0 Å². The normalized spacial score (nSPS) is 17.3.